The van der Waals surface area contributed by atoms with E-state index in [1.807, 2.05) is 17.4 Å². The number of guanidine groups is 1. The van der Waals surface area contributed by atoms with E-state index in [2.05, 4.69) is 39.6 Å². The molecule has 1 saturated heterocycles. The second kappa shape index (κ2) is 11.2. The maximum atomic E-state index is 10.6. The summed E-state index contributed by atoms with van der Waals surface area (Å²) in [4.78, 5) is 10.9. The Hall–Kier alpha value is -2.29. The molecule has 1 aliphatic heterocycles. The lowest BCUT2D eigenvalue weighted by Crippen LogP contribution is -2.52. The number of thiophene rings is 1. The van der Waals surface area contributed by atoms with Crippen LogP contribution in [0.3, 0.4) is 0 Å². The van der Waals surface area contributed by atoms with Crippen molar-refractivity contribution in [2.45, 2.75) is 19.6 Å². The maximum absolute atomic E-state index is 10.6. The van der Waals surface area contributed by atoms with Crippen molar-refractivity contribution in [2.75, 3.05) is 53.5 Å². The Kier molecular flexibility index (Phi) is 8.36. The fourth-order valence-corrected chi connectivity index (χ4v) is 4.25. The highest BCUT2D eigenvalue weighted by Gasteiger charge is 2.20. The van der Waals surface area contributed by atoms with Crippen molar-refractivity contribution >= 4 is 17.3 Å². The number of aliphatic imine (C=N–C) groups is 1. The minimum Gasteiger partial charge on any atom is -0.493 e. The van der Waals surface area contributed by atoms with Gasteiger partial charge in [0.1, 0.15) is 0 Å². The molecule has 30 heavy (non-hydrogen) atoms. The summed E-state index contributed by atoms with van der Waals surface area (Å²) in [6.07, 6.45) is -0.710. The van der Waals surface area contributed by atoms with Crippen LogP contribution in [0, 0.1) is 0 Å². The van der Waals surface area contributed by atoms with Crippen molar-refractivity contribution in [1.29, 1.82) is 0 Å². The molecule has 0 amide bonds. The van der Waals surface area contributed by atoms with Crippen molar-refractivity contribution in [3.8, 4) is 11.5 Å². The van der Waals surface area contributed by atoms with Gasteiger partial charge in [-0.1, -0.05) is 12.1 Å². The summed E-state index contributed by atoms with van der Waals surface area (Å²) in [6.45, 7) is 7.99. The lowest BCUT2D eigenvalue weighted by Gasteiger charge is -2.36. The van der Waals surface area contributed by atoms with E-state index < -0.39 is 6.10 Å². The molecule has 3 rings (SSSR count). The van der Waals surface area contributed by atoms with Gasteiger partial charge in [0.05, 0.1) is 26.9 Å². The smallest absolute Gasteiger partial charge is 0.194 e. The maximum Gasteiger partial charge on any atom is 0.194 e. The Labute approximate surface area is 182 Å². The van der Waals surface area contributed by atoms with E-state index in [0.29, 0.717) is 11.5 Å². The summed E-state index contributed by atoms with van der Waals surface area (Å²) in [5.41, 5.74) is 0.757. The Bertz CT molecular complexity index is 805. The molecular weight excluding hydrogens is 400 g/mol. The molecule has 8 heteroatoms. The van der Waals surface area contributed by atoms with E-state index in [9.17, 15) is 5.11 Å². The average Bonchev–Trinajstić information content (AvgIpc) is 3.29. The van der Waals surface area contributed by atoms with Crippen molar-refractivity contribution in [3.63, 3.8) is 0 Å². The first-order chi connectivity index (χ1) is 14.6. The zero-order valence-electron chi connectivity index (χ0n) is 18.0. The Morgan fingerprint density at radius 3 is 2.57 bits per heavy atom. The van der Waals surface area contributed by atoms with Gasteiger partial charge in [0, 0.05) is 44.1 Å². The molecule has 0 saturated carbocycles. The number of hydrogen-bond acceptors (Lipinski definition) is 6. The molecule has 2 heterocycles. The normalized spacial score (nSPS) is 16.4. The average molecular weight is 433 g/mol. The Balaban J connectivity index is 1.59. The van der Waals surface area contributed by atoms with E-state index in [4.69, 9.17) is 14.5 Å². The third-order valence-corrected chi connectivity index (χ3v) is 6.03. The van der Waals surface area contributed by atoms with Gasteiger partial charge in [-0.05, 0) is 36.1 Å². The standard InChI is InChI=1S/C22H32N4O3S/c1-4-23-22(26-11-9-25(10-12-26)16-18-6-5-13-30-18)24-15-19(27)17-7-8-20(28-2)21(14-17)29-3/h5-8,13-14,19,27H,4,9-12,15-16H2,1-3H3,(H,23,24). The van der Waals surface area contributed by atoms with Crippen LogP contribution in [0.4, 0.5) is 0 Å². The lowest BCUT2D eigenvalue weighted by molar-refractivity contribution is 0.170. The number of nitrogens with zero attached hydrogens (tertiary/aromatic N) is 3. The molecule has 1 aliphatic rings. The second-order valence-electron chi connectivity index (χ2n) is 7.17. The van der Waals surface area contributed by atoms with E-state index >= 15 is 0 Å². The van der Waals surface area contributed by atoms with Crippen LogP contribution in [-0.2, 0) is 6.54 Å². The highest BCUT2D eigenvalue weighted by atomic mass is 32.1. The van der Waals surface area contributed by atoms with Crippen molar-refractivity contribution in [3.05, 3.63) is 46.2 Å². The molecule has 0 aliphatic carbocycles. The minimum atomic E-state index is -0.710. The molecule has 0 spiro atoms. The second-order valence-corrected chi connectivity index (χ2v) is 8.20. The quantitative estimate of drug-likeness (QED) is 0.494. The van der Waals surface area contributed by atoms with Gasteiger partial charge < -0.3 is 24.8 Å². The van der Waals surface area contributed by atoms with Crippen LogP contribution in [0.1, 0.15) is 23.5 Å². The number of benzene rings is 1. The van der Waals surface area contributed by atoms with Crippen LogP contribution in [-0.4, -0.2) is 74.4 Å². The number of aliphatic hydroxyl groups excluding tert-OH is 1. The fraction of sp³-hybridized carbons (Fsp3) is 0.500. The van der Waals surface area contributed by atoms with Gasteiger partial charge >= 0.3 is 0 Å². The molecular formula is C22H32N4O3S. The fourth-order valence-electron chi connectivity index (χ4n) is 3.50. The summed E-state index contributed by atoms with van der Waals surface area (Å²) in [7, 11) is 3.19. The third-order valence-electron chi connectivity index (χ3n) is 5.17. The number of methoxy groups -OCH3 is 2. The van der Waals surface area contributed by atoms with Gasteiger partial charge in [-0.25, -0.2) is 0 Å². The SMILES string of the molecule is CCNC(=NCC(O)c1ccc(OC)c(OC)c1)N1CCN(Cc2cccs2)CC1. The summed E-state index contributed by atoms with van der Waals surface area (Å²) in [5, 5.41) is 16.1. The molecule has 0 bridgehead atoms. The van der Waals surface area contributed by atoms with Crippen LogP contribution < -0.4 is 14.8 Å². The molecule has 1 fully saturated rings. The first kappa shape index (κ1) is 22.4. The van der Waals surface area contributed by atoms with Gasteiger partial charge in [0.25, 0.3) is 0 Å². The van der Waals surface area contributed by atoms with Crippen LogP contribution in [0.2, 0.25) is 0 Å². The highest BCUT2D eigenvalue weighted by Crippen LogP contribution is 2.30. The van der Waals surface area contributed by atoms with Gasteiger partial charge in [-0.2, -0.15) is 0 Å². The summed E-state index contributed by atoms with van der Waals surface area (Å²) < 4.78 is 10.6. The lowest BCUT2D eigenvalue weighted by atomic mass is 10.1. The Morgan fingerprint density at radius 1 is 1.17 bits per heavy atom. The number of aliphatic hydroxyl groups is 1. The van der Waals surface area contributed by atoms with E-state index in [0.717, 1.165) is 50.8 Å². The molecule has 2 aromatic rings. The molecule has 1 aromatic carbocycles. The van der Waals surface area contributed by atoms with Gasteiger partial charge in [0.15, 0.2) is 17.5 Å². The molecule has 1 atom stereocenters. The molecule has 164 valence electrons. The van der Waals surface area contributed by atoms with Crippen molar-refractivity contribution in [1.82, 2.24) is 15.1 Å². The van der Waals surface area contributed by atoms with Gasteiger partial charge in [0.2, 0.25) is 0 Å². The molecule has 1 unspecified atom stereocenters. The number of piperazine rings is 1. The van der Waals surface area contributed by atoms with Crippen molar-refractivity contribution in [2.24, 2.45) is 4.99 Å². The van der Waals surface area contributed by atoms with Gasteiger partial charge in [-0.15, -0.1) is 11.3 Å². The zero-order chi connectivity index (χ0) is 21.3. The topological polar surface area (TPSA) is 69.6 Å². The first-order valence-corrected chi connectivity index (χ1v) is 11.2. The van der Waals surface area contributed by atoms with Crippen LogP contribution in [0.15, 0.2) is 40.7 Å². The molecule has 1 aromatic heterocycles. The van der Waals surface area contributed by atoms with Gasteiger partial charge in [-0.3, -0.25) is 9.89 Å². The number of rotatable bonds is 8. The first-order valence-electron chi connectivity index (χ1n) is 10.3. The molecule has 2 N–H and O–H groups in total. The van der Waals surface area contributed by atoms with E-state index in [1.54, 1.807) is 26.4 Å². The third kappa shape index (κ3) is 5.87. The monoisotopic (exact) mass is 432 g/mol. The minimum absolute atomic E-state index is 0.285. The predicted octanol–water partition coefficient (Wildman–Crippen LogP) is 2.58. The predicted molar refractivity (Wildman–Crippen MR) is 122 cm³/mol. The summed E-state index contributed by atoms with van der Waals surface area (Å²) >= 11 is 1.81. The van der Waals surface area contributed by atoms with Crippen LogP contribution in [0.5, 0.6) is 11.5 Å². The molecule has 7 nitrogen and oxygen atoms in total. The molecule has 0 radical (unpaired) electrons. The summed E-state index contributed by atoms with van der Waals surface area (Å²) in [5.74, 6) is 2.10. The Morgan fingerprint density at radius 2 is 1.93 bits per heavy atom. The number of hydrogen-bond donors (Lipinski definition) is 2. The number of ether oxygens (including phenoxy) is 2. The van der Waals surface area contributed by atoms with Crippen molar-refractivity contribution < 1.29 is 14.6 Å². The van der Waals surface area contributed by atoms with E-state index in [1.165, 1.54) is 4.88 Å². The summed E-state index contributed by atoms with van der Waals surface area (Å²) in [6, 6.07) is 9.75. The number of nitrogens with one attached hydrogen (secondary N) is 1. The largest absolute Gasteiger partial charge is 0.493 e. The van der Waals surface area contributed by atoms with Crippen LogP contribution >= 0.6 is 11.3 Å². The van der Waals surface area contributed by atoms with Crippen LogP contribution in [0.25, 0.3) is 0 Å². The zero-order valence-corrected chi connectivity index (χ0v) is 18.8. The highest BCUT2D eigenvalue weighted by molar-refractivity contribution is 7.09. The van der Waals surface area contributed by atoms with E-state index in [-0.39, 0.29) is 6.54 Å².